The molecule has 0 spiro atoms. The fourth-order valence-electron chi connectivity index (χ4n) is 3.27. The summed E-state index contributed by atoms with van der Waals surface area (Å²) in [6, 6.07) is 14.4. The van der Waals surface area contributed by atoms with Gasteiger partial charge < -0.3 is 4.57 Å². The van der Waals surface area contributed by atoms with Gasteiger partial charge in [0.2, 0.25) is 0 Å². The molecule has 0 fully saturated rings. The molecule has 0 N–H and O–H groups in total. The van der Waals surface area contributed by atoms with Crippen molar-refractivity contribution in [3.05, 3.63) is 72.4 Å². The van der Waals surface area contributed by atoms with E-state index in [2.05, 4.69) is 15.5 Å². The molecule has 4 heteroatoms. The van der Waals surface area contributed by atoms with Gasteiger partial charge in [0.25, 0.3) is 0 Å². The number of pyridine rings is 2. The Hall–Kier alpha value is -3.45. The molecule has 1 aromatic carbocycles. The molecule has 0 saturated heterocycles. The zero-order valence-corrected chi connectivity index (χ0v) is 14.3. The zero-order valence-electron chi connectivity index (χ0n) is 14.3. The highest BCUT2D eigenvalue weighted by Gasteiger charge is 2.21. The molecule has 126 valence electrons. The van der Waals surface area contributed by atoms with Crippen molar-refractivity contribution in [3.63, 3.8) is 0 Å². The maximum absolute atomic E-state index is 13.5. The SMILES string of the molecule is C#CCn1c(-c2ccncc2)c(-c2ccc(F)cc2)c2nc(C)ccc21. The van der Waals surface area contributed by atoms with E-state index in [-0.39, 0.29) is 5.82 Å². The Labute approximate surface area is 151 Å². The fraction of sp³-hybridized carbons (Fsp3) is 0.0909. The molecule has 4 rings (SSSR count). The minimum absolute atomic E-state index is 0.268. The number of hydrogen-bond acceptors (Lipinski definition) is 2. The van der Waals surface area contributed by atoms with Crippen molar-refractivity contribution in [2.75, 3.05) is 0 Å². The average Bonchev–Trinajstić information content (AvgIpc) is 2.97. The number of fused-ring (bicyclic) bond motifs is 1. The third-order valence-corrected chi connectivity index (χ3v) is 4.38. The first-order valence-electron chi connectivity index (χ1n) is 8.28. The topological polar surface area (TPSA) is 30.7 Å². The Morgan fingerprint density at radius 2 is 1.73 bits per heavy atom. The van der Waals surface area contributed by atoms with E-state index in [1.54, 1.807) is 24.5 Å². The van der Waals surface area contributed by atoms with Crippen LogP contribution in [0.2, 0.25) is 0 Å². The van der Waals surface area contributed by atoms with Crippen LogP contribution in [0.15, 0.2) is 60.9 Å². The summed E-state index contributed by atoms with van der Waals surface area (Å²) < 4.78 is 15.6. The van der Waals surface area contributed by atoms with E-state index < -0.39 is 0 Å². The predicted molar refractivity (Wildman–Crippen MR) is 102 cm³/mol. The summed E-state index contributed by atoms with van der Waals surface area (Å²) in [6.45, 7) is 2.37. The van der Waals surface area contributed by atoms with E-state index in [0.29, 0.717) is 6.54 Å². The summed E-state index contributed by atoms with van der Waals surface area (Å²) in [5, 5.41) is 0. The molecule has 0 atom stereocenters. The first-order chi connectivity index (χ1) is 12.7. The summed E-state index contributed by atoms with van der Waals surface area (Å²) in [4.78, 5) is 8.88. The van der Waals surface area contributed by atoms with Crippen LogP contribution in [-0.4, -0.2) is 14.5 Å². The Bertz CT molecular complexity index is 1120. The molecule has 3 heterocycles. The molecule has 0 amide bonds. The van der Waals surface area contributed by atoms with Crippen molar-refractivity contribution in [1.82, 2.24) is 14.5 Å². The van der Waals surface area contributed by atoms with E-state index >= 15 is 0 Å². The molecule has 3 nitrogen and oxygen atoms in total. The Morgan fingerprint density at radius 3 is 2.42 bits per heavy atom. The number of halogens is 1. The van der Waals surface area contributed by atoms with Gasteiger partial charge in [0, 0.05) is 29.2 Å². The molecule has 3 aromatic heterocycles. The molecule has 0 aliphatic rings. The maximum atomic E-state index is 13.5. The first kappa shape index (κ1) is 16.0. The quantitative estimate of drug-likeness (QED) is 0.499. The number of rotatable bonds is 3. The Morgan fingerprint density at radius 1 is 1.00 bits per heavy atom. The third-order valence-electron chi connectivity index (χ3n) is 4.38. The number of hydrogen-bond donors (Lipinski definition) is 0. The molecule has 0 unspecified atom stereocenters. The van der Waals surface area contributed by atoms with Gasteiger partial charge in [0.05, 0.1) is 23.3 Å². The van der Waals surface area contributed by atoms with E-state index in [4.69, 9.17) is 11.4 Å². The first-order valence-corrected chi connectivity index (χ1v) is 8.28. The van der Waals surface area contributed by atoms with Gasteiger partial charge in [-0.25, -0.2) is 4.39 Å². The van der Waals surface area contributed by atoms with Crippen LogP contribution in [0.4, 0.5) is 4.39 Å². The van der Waals surface area contributed by atoms with Crippen LogP contribution in [-0.2, 0) is 6.54 Å². The molecular formula is C22H16FN3. The van der Waals surface area contributed by atoms with Crippen LogP contribution in [0.5, 0.6) is 0 Å². The third kappa shape index (κ3) is 2.64. The van der Waals surface area contributed by atoms with Crippen molar-refractivity contribution >= 4 is 11.0 Å². The number of benzene rings is 1. The molecule has 26 heavy (non-hydrogen) atoms. The monoisotopic (exact) mass is 341 g/mol. The highest BCUT2D eigenvalue weighted by atomic mass is 19.1. The lowest BCUT2D eigenvalue weighted by Gasteiger charge is -2.10. The predicted octanol–water partition coefficient (Wildman–Crippen LogP) is 4.85. The van der Waals surface area contributed by atoms with Crippen LogP contribution in [0.3, 0.4) is 0 Å². The minimum atomic E-state index is -0.268. The van der Waals surface area contributed by atoms with Crippen molar-refractivity contribution in [1.29, 1.82) is 0 Å². The van der Waals surface area contributed by atoms with E-state index in [9.17, 15) is 4.39 Å². The standard InChI is InChI=1S/C22H16FN3/c1-3-14-26-19-9-4-15(2)25-21(19)20(16-5-7-18(23)8-6-16)22(26)17-10-12-24-13-11-17/h1,4-13H,14H2,2H3. The van der Waals surface area contributed by atoms with E-state index in [1.807, 2.05) is 31.2 Å². The van der Waals surface area contributed by atoms with Gasteiger partial charge in [-0.2, -0.15) is 0 Å². The average molecular weight is 341 g/mol. The molecule has 0 saturated carbocycles. The van der Waals surface area contributed by atoms with Crippen molar-refractivity contribution in [2.45, 2.75) is 13.5 Å². The van der Waals surface area contributed by atoms with Gasteiger partial charge in [-0.15, -0.1) is 6.42 Å². The number of terminal acetylenes is 1. The fourth-order valence-corrected chi connectivity index (χ4v) is 3.27. The van der Waals surface area contributed by atoms with Crippen LogP contribution in [0.1, 0.15) is 5.69 Å². The lowest BCUT2D eigenvalue weighted by Crippen LogP contribution is -1.99. The lowest BCUT2D eigenvalue weighted by molar-refractivity contribution is 0.628. The second kappa shape index (κ2) is 6.45. The van der Waals surface area contributed by atoms with Gasteiger partial charge in [-0.3, -0.25) is 9.97 Å². The summed E-state index contributed by atoms with van der Waals surface area (Å²) in [6.07, 6.45) is 9.14. The van der Waals surface area contributed by atoms with Gasteiger partial charge in [-0.05, 0) is 48.9 Å². The molecule has 0 aliphatic heterocycles. The number of aryl methyl sites for hydroxylation is 1. The number of nitrogens with zero attached hydrogens (tertiary/aromatic N) is 3. The smallest absolute Gasteiger partial charge is 0.123 e. The molecule has 4 aromatic rings. The van der Waals surface area contributed by atoms with Crippen LogP contribution < -0.4 is 0 Å². The van der Waals surface area contributed by atoms with Crippen molar-refractivity contribution in [2.24, 2.45) is 0 Å². The Kier molecular flexibility index (Phi) is 3.98. The van der Waals surface area contributed by atoms with Gasteiger partial charge in [0.15, 0.2) is 0 Å². The van der Waals surface area contributed by atoms with Crippen LogP contribution >= 0.6 is 0 Å². The van der Waals surface area contributed by atoms with Crippen LogP contribution in [0.25, 0.3) is 33.4 Å². The highest BCUT2D eigenvalue weighted by molar-refractivity contribution is 6.02. The van der Waals surface area contributed by atoms with Crippen molar-refractivity contribution < 1.29 is 4.39 Å². The summed E-state index contributed by atoms with van der Waals surface area (Å²) in [5.74, 6) is 2.47. The second-order valence-corrected chi connectivity index (χ2v) is 6.08. The largest absolute Gasteiger partial charge is 0.327 e. The summed E-state index contributed by atoms with van der Waals surface area (Å²) in [7, 11) is 0. The molecule has 0 radical (unpaired) electrons. The maximum Gasteiger partial charge on any atom is 0.123 e. The van der Waals surface area contributed by atoms with E-state index in [0.717, 1.165) is 39.1 Å². The molecule has 0 aliphatic carbocycles. The summed E-state index contributed by atoms with van der Waals surface area (Å²) in [5.41, 5.74) is 6.54. The van der Waals surface area contributed by atoms with Gasteiger partial charge >= 0.3 is 0 Å². The zero-order chi connectivity index (χ0) is 18.1. The Balaban J connectivity index is 2.15. The summed E-state index contributed by atoms with van der Waals surface area (Å²) >= 11 is 0. The van der Waals surface area contributed by atoms with Crippen LogP contribution in [0, 0.1) is 25.1 Å². The number of aromatic nitrogens is 3. The normalized spacial score (nSPS) is 10.8. The van der Waals surface area contributed by atoms with Crippen molar-refractivity contribution in [3.8, 4) is 34.7 Å². The second-order valence-electron chi connectivity index (χ2n) is 6.08. The molecule has 0 bridgehead atoms. The highest BCUT2D eigenvalue weighted by Crippen LogP contribution is 2.40. The molecular weight excluding hydrogens is 325 g/mol. The lowest BCUT2D eigenvalue weighted by atomic mass is 10.0. The van der Waals surface area contributed by atoms with E-state index in [1.165, 1.54) is 12.1 Å². The van der Waals surface area contributed by atoms with Gasteiger partial charge in [-0.1, -0.05) is 18.1 Å². The minimum Gasteiger partial charge on any atom is -0.327 e. The van der Waals surface area contributed by atoms with Gasteiger partial charge in [0.1, 0.15) is 5.82 Å².